The van der Waals surface area contributed by atoms with Gasteiger partial charge < -0.3 is 5.11 Å². The van der Waals surface area contributed by atoms with Gasteiger partial charge in [0.2, 0.25) is 0 Å². The van der Waals surface area contributed by atoms with Crippen molar-refractivity contribution in [2.24, 2.45) is 7.05 Å². The first kappa shape index (κ1) is 8.42. The van der Waals surface area contributed by atoms with Crippen molar-refractivity contribution >= 4 is 15.9 Å². The van der Waals surface area contributed by atoms with Crippen LogP contribution in [0.1, 0.15) is 11.8 Å². The Morgan fingerprint density at radius 2 is 2.45 bits per heavy atom. The first-order chi connectivity index (χ1) is 5.16. The molecule has 0 radical (unpaired) electrons. The van der Waals surface area contributed by atoms with Gasteiger partial charge in [-0.25, -0.2) is 4.68 Å². The van der Waals surface area contributed by atoms with E-state index in [-0.39, 0.29) is 0 Å². The van der Waals surface area contributed by atoms with Crippen LogP contribution in [0.2, 0.25) is 0 Å². The van der Waals surface area contributed by atoms with Gasteiger partial charge in [-0.15, -0.1) is 11.7 Å². The molecule has 1 unspecified atom stereocenters. The molecule has 0 aliphatic heterocycles. The van der Waals surface area contributed by atoms with E-state index < -0.39 is 6.10 Å². The SMILES string of the molecule is C=CC(O)c1c(Br)nnn1C. The Hall–Kier alpha value is -0.680. The third-order valence-corrected chi connectivity index (χ3v) is 1.89. The molecular weight excluding hydrogens is 210 g/mol. The topological polar surface area (TPSA) is 50.9 Å². The second-order valence-corrected chi connectivity index (χ2v) is 2.82. The number of aromatic nitrogens is 3. The molecule has 0 saturated carbocycles. The summed E-state index contributed by atoms with van der Waals surface area (Å²) in [6.07, 6.45) is 0.702. The molecule has 4 nitrogen and oxygen atoms in total. The van der Waals surface area contributed by atoms with Gasteiger partial charge in [0, 0.05) is 7.05 Å². The van der Waals surface area contributed by atoms with Crippen molar-refractivity contribution < 1.29 is 5.11 Å². The Kier molecular flexibility index (Phi) is 2.41. The van der Waals surface area contributed by atoms with Crippen LogP contribution in [0.25, 0.3) is 0 Å². The van der Waals surface area contributed by atoms with Gasteiger partial charge in [-0.2, -0.15) is 0 Å². The number of nitrogens with zero attached hydrogens (tertiary/aromatic N) is 3. The summed E-state index contributed by atoms with van der Waals surface area (Å²) in [5, 5.41) is 16.7. The van der Waals surface area contributed by atoms with Crippen molar-refractivity contribution in [3.05, 3.63) is 23.0 Å². The van der Waals surface area contributed by atoms with Crippen LogP contribution >= 0.6 is 15.9 Å². The maximum absolute atomic E-state index is 9.33. The van der Waals surface area contributed by atoms with E-state index in [9.17, 15) is 5.11 Å². The number of aliphatic hydroxyl groups excluding tert-OH is 1. The zero-order valence-corrected chi connectivity index (χ0v) is 7.61. The second kappa shape index (κ2) is 3.15. The zero-order valence-electron chi connectivity index (χ0n) is 6.03. The van der Waals surface area contributed by atoms with E-state index in [1.165, 1.54) is 10.8 Å². The van der Waals surface area contributed by atoms with E-state index in [1.54, 1.807) is 7.05 Å². The predicted octanol–water partition coefficient (Wildman–Crippen LogP) is 0.797. The molecule has 0 fully saturated rings. The molecule has 0 aliphatic carbocycles. The summed E-state index contributed by atoms with van der Waals surface area (Å²) in [7, 11) is 1.71. The highest BCUT2D eigenvalue weighted by molar-refractivity contribution is 9.10. The fraction of sp³-hybridized carbons (Fsp3) is 0.333. The molecule has 0 aromatic carbocycles. The maximum atomic E-state index is 9.33. The summed E-state index contributed by atoms with van der Waals surface area (Å²) in [6, 6.07) is 0. The lowest BCUT2D eigenvalue weighted by Crippen LogP contribution is -2.02. The number of aryl methyl sites for hydroxylation is 1. The van der Waals surface area contributed by atoms with Gasteiger partial charge in [-0.1, -0.05) is 11.3 Å². The van der Waals surface area contributed by atoms with Gasteiger partial charge in [0.05, 0.1) is 0 Å². The van der Waals surface area contributed by atoms with Crippen LogP contribution < -0.4 is 0 Å². The van der Waals surface area contributed by atoms with Crippen molar-refractivity contribution in [3.63, 3.8) is 0 Å². The van der Waals surface area contributed by atoms with Crippen LogP contribution in [0.4, 0.5) is 0 Å². The van der Waals surface area contributed by atoms with Crippen molar-refractivity contribution in [2.45, 2.75) is 6.10 Å². The minimum Gasteiger partial charge on any atom is -0.383 e. The number of aliphatic hydroxyl groups is 1. The molecule has 11 heavy (non-hydrogen) atoms. The van der Waals surface area contributed by atoms with Crippen LogP contribution in [0.3, 0.4) is 0 Å². The third kappa shape index (κ3) is 1.49. The highest BCUT2D eigenvalue weighted by Crippen LogP contribution is 2.20. The Labute approximate surface area is 72.7 Å². The van der Waals surface area contributed by atoms with Gasteiger partial charge in [-0.05, 0) is 15.9 Å². The average molecular weight is 218 g/mol. The molecular formula is C6H8BrN3O. The second-order valence-electron chi connectivity index (χ2n) is 2.07. The average Bonchev–Trinajstić information content (AvgIpc) is 2.30. The molecule has 1 atom stereocenters. The standard InChI is InChI=1S/C6H8BrN3O/c1-3-4(11)5-6(7)8-9-10(5)2/h3-4,11H,1H2,2H3. The summed E-state index contributed by atoms with van der Waals surface area (Å²) in [4.78, 5) is 0. The fourth-order valence-electron chi connectivity index (χ4n) is 0.764. The Bertz CT molecular complexity index is 251. The van der Waals surface area contributed by atoms with Crippen LogP contribution in [0.5, 0.6) is 0 Å². The molecule has 1 aromatic heterocycles. The highest BCUT2D eigenvalue weighted by atomic mass is 79.9. The lowest BCUT2D eigenvalue weighted by Gasteiger charge is -2.03. The van der Waals surface area contributed by atoms with Gasteiger partial charge in [-0.3, -0.25) is 0 Å². The molecule has 1 rings (SSSR count). The smallest absolute Gasteiger partial charge is 0.154 e. The van der Waals surface area contributed by atoms with Crippen molar-refractivity contribution in [1.82, 2.24) is 15.0 Å². The summed E-state index contributed by atoms with van der Waals surface area (Å²) < 4.78 is 2.04. The summed E-state index contributed by atoms with van der Waals surface area (Å²) in [5.74, 6) is 0. The summed E-state index contributed by atoms with van der Waals surface area (Å²) >= 11 is 3.16. The molecule has 1 N–H and O–H groups in total. The van der Waals surface area contributed by atoms with E-state index in [1.807, 2.05) is 0 Å². The van der Waals surface area contributed by atoms with Gasteiger partial charge in [0.25, 0.3) is 0 Å². The number of halogens is 1. The zero-order chi connectivity index (χ0) is 8.43. The Balaban J connectivity index is 3.09. The van der Waals surface area contributed by atoms with Gasteiger partial charge >= 0.3 is 0 Å². The minimum absolute atomic E-state index is 0.549. The molecule has 0 saturated heterocycles. The normalized spacial score (nSPS) is 13.0. The lowest BCUT2D eigenvalue weighted by atomic mass is 10.3. The van der Waals surface area contributed by atoms with E-state index in [0.29, 0.717) is 10.3 Å². The van der Waals surface area contributed by atoms with E-state index in [0.717, 1.165) is 0 Å². The van der Waals surface area contributed by atoms with Crippen LogP contribution in [0, 0.1) is 0 Å². The quantitative estimate of drug-likeness (QED) is 0.747. The van der Waals surface area contributed by atoms with Crippen LogP contribution in [-0.2, 0) is 7.05 Å². The molecule has 0 bridgehead atoms. The fourth-order valence-corrected chi connectivity index (χ4v) is 1.33. The molecule has 0 spiro atoms. The van der Waals surface area contributed by atoms with Crippen LogP contribution in [-0.4, -0.2) is 20.1 Å². The van der Waals surface area contributed by atoms with Crippen molar-refractivity contribution in [3.8, 4) is 0 Å². The lowest BCUT2D eigenvalue weighted by molar-refractivity contribution is 0.217. The van der Waals surface area contributed by atoms with Crippen molar-refractivity contribution in [1.29, 1.82) is 0 Å². The summed E-state index contributed by atoms with van der Waals surface area (Å²) in [5.41, 5.74) is 0.611. The molecule has 0 aliphatic rings. The van der Waals surface area contributed by atoms with Crippen molar-refractivity contribution in [2.75, 3.05) is 0 Å². The largest absolute Gasteiger partial charge is 0.383 e. The maximum Gasteiger partial charge on any atom is 0.154 e. The number of hydrogen-bond acceptors (Lipinski definition) is 3. The predicted molar refractivity (Wildman–Crippen MR) is 43.9 cm³/mol. The first-order valence-electron chi connectivity index (χ1n) is 3.02. The Morgan fingerprint density at radius 3 is 2.82 bits per heavy atom. The molecule has 5 heteroatoms. The van der Waals surface area contributed by atoms with E-state index in [4.69, 9.17) is 0 Å². The first-order valence-corrected chi connectivity index (χ1v) is 3.81. The summed E-state index contributed by atoms with van der Waals surface area (Å²) in [6.45, 7) is 3.46. The third-order valence-electron chi connectivity index (χ3n) is 1.33. The van der Waals surface area contributed by atoms with Gasteiger partial charge in [0.15, 0.2) is 4.60 Å². The molecule has 60 valence electrons. The highest BCUT2D eigenvalue weighted by Gasteiger charge is 2.13. The molecule has 1 heterocycles. The number of hydrogen-bond donors (Lipinski definition) is 1. The Morgan fingerprint density at radius 1 is 1.82 bits per heavy atom. The van der Waals surface area contributed by atoms with Gasteiger partial charge in [0.1, 0.15) is 11.8 Å². The van der Waals surface area contributed by atoms with E-state index in [2.05, 4.69) is 32.8 Å². The van der Waals surface area contributed by atoms with E-state index >= 15 is 0 Å². The minimum atomic E-state index is -0.718. The number of rotatable bonds is 2. The molecule has 0 amide bonds. The van der Waals surface area contributed by atoms with Crippen LogP contribution in [0.15, 0.2) is 17.3 Å². The molecule has 1 aromatic rings. The monoisotopic (exact) mass is 217 g/mol.